The van der Waals surface area contributed by atoms with Gasteiger partial charge in [-0.05, 0) is 24.3 Å². The summed E-state index contributed by atoms with van der Waals surface area (Å²) in [6, 6.07) is 10.7. The van der Waals surface area contributed by atoms with Crippen LogP contribution in [0.15, 0.2) is 45.8 Å². The molecule has 0 spiro atoms. The van der Waals surface area contributed by atoms with Crippen molar-refractivity contribution >= 4 is 68.6 Å². The van der Waals surface area contributed by atoms with Crippen LogP contribution in [0.2, 0.25) is 10.0 Å². The lowest BCUT2D eigenvalue weighted by molar-refractivity contribution is -0.118. The standard InChI is InChI=1S/C16H11Cl2N3O2S2/c17-10-5-9(15(23)11(18)6-10)7-19-21-14(22)8-24-16-20-12-3-1-2-4-13(12)25-16/h1-7,23H,8H2,(H,21,22)/b19-7-. The number of halogens is 2. The van der Waals surface area contributed by atoms with Crippen molar-refractivity contribution in [2.24, 2.45) is 5.10 Å². The van der Waals surface area contributed by atoms with Gasteiger partial charge in [0.25, 0.3) is 5.91 Å². The number of hydrogen-bond donors (Lipinski definition) is 2. The van der Waals surface area contributed by atoms with E-state index in [4.69, 9.17) is 23.2 Å². The Morgan fingerprint density at radius 3 is 2.96 bits per heavy atom. The number of amides is 1. The van der Waals surface area contributed by atoms with Gasteiger partial charge in [0, 0.05) is 10.6 Å². The van der Waals surface area contributed by atoms with E-state index in [9.17, 15) is 9.90 Å². The maximum atomic E-state index is 11.9. The molecule has 0 aliphatic rings. The van der Waals surface area contributed by atoms with E-state index in [0.29, 0.717) is 10.6 Å². The highest BCUT2D eigenvalue weighted by atomic mass is 35.5. The molecule has 0 fully saturated rings. The first kappa shape index (κ1) is 18.0. The Morgan fingerprint density at radius 2 is 2.16 bits per heavy atom. The minimum atomic E-state index is -0.284. The first-order valence-electron chi connectivity index (χ1n) is 7.01. The van der Waals surface area contributed by atoms with Crippen molar-refractivity contribution in [1.82, 2.24) is 10.4 Å². The number of nitrogens with one attached hydrogen (secondary N) is 1. The molecule has 0 bridgehead atoms. The maximum Gasteiger partial charge on any atom is 0.250 e. The summed E-state index contributed by atoms with van der Waals surface area (Å²) in [5.41, 5.74) is 3.63. The molecule has 5 nitrogen and oxygen atoms in total. The lowest BCUT2D eigenvalue weighted by atomic mass is 10.2. The third-order valence-corrected chi connectivity index (χ3v) is 5.74. The summed E-state index contributed by atoms with van der Waals surface area (Å²) in [5, 5.41) is 14.1. The van der Waals surface area contributed by atoms with Crippen LogP contribution in [0.3, 0.4) is 0 Å². The second-order valence-corrected chi connectivity index (χ2v) is 7.95. The van der Waals surface area contributed by atoms with Crippen LogP contribution in [-0.4, -0.2) is 28.0 Å². The monoisotopic (exact) mass is 411 g/mol. The highest BCUT2D eigenvalue weighted by Gasteiger charge is 2.08. The van der Waals surface area contributed by atoms with Gasteiger partial charge >= 0.3 is 0 Å². The van der Waals surface area contributed by atoms with Gasteiger partial charge in [-0.25, -0.2) is 10.4 Å². The number of thioether (sulfide) groups is 1. The zero-order valence-electron chi connectivity index (χ0n) is 12.6. The van der Waals surface area contributed by atoms with E-state index in [1.807, 2.05) is 24.3 Å². The molecule has 1 heterocycles. The summed E-state index contributed by atoms with van der Waals surface area (Å²) >= 11 is 14.6. The van der Waals surface area contributed by atoms with Crippen LogP contribution in [0.5, 0.6) is 5.75 Å². The Kier molecular flexibility index (Phi) is 5.80. The highest BCUT2D eigenvalue weighted by Crippen LogP contribution is 2.30. The fourth-order valence-corrected chi connectivity index (χ4v) is 4.30. The van der Waals surface area contributed by atoms with Gasteiger partial charge in [0.05, 0.1) is 27.2 Å². The van der Waals surface area contributed by atoms with E-state index < -0.39 is 0 Å². The molecule has 1 amide bonds. The second kappa shape index (κ2) is 8.05. The molecule has 3 aromatic rings. The Balaban J connectivity index is 1.56. The van der Waals surface area contributed by atoms with Gasteiger partial charge < -0.3 is 5.11 Å². The number of hydrazone groups is 1. The molecule has 0 radical (unpaired) electrons. The second-order valence-electron chi connectivity index (χ2n) is 4.85. The summed E-state index contributed by atoms with van der Waals surface area (Å²) in [6.07, 6.45) is 1.29. The van der Waals surface area contributed by atoms with Gasteiger partial charge in [0.2, 0.25) is 0 Å². The number of rotatable bonds is 5. The molecule has 3 rings (SSSR count). The number of benzene rings is 2. The molecule has 25 heavy (non-hydrogen) atoms. The minimum Gasteiger partial charge on any atom is -0.506 e. The lowest BCUT2D eigenvalue weighted by Crippen LogP contribution is -2.19. The minimum absolute atomic E-state index is 0.117. The quantitative estimate of drug-likeness (QED) is 0.366. The van der Waals surface area contributed by atoms with E-state index in [2.05, 4.69) is 15.5 Å². The number of fused-ring (bicyclic) bond motifs is 1. The number of para-hydroxylation sites is 1. The van der Waals surface area contributed by atoms with Gasteiger partial charge in [-0.2, -0.15) is 5.10 Å². The topological polar surface area (TPSA) is 74.6 Å². The van der Waals surface area contributed by atoms with Crippen LogP contribution >= 0.6 is 46.3 Å². The van der Waals surface area contributed by atoms with E-state index in [1.165, 1.54) is 41.4 Å². The average Bonchev–Trinajstić information content (AvgIpc) is 3.00. The van der Waals surface area contributed by atoms with Gasteiger partial charge in [0.15, 0.2) is 4.34 Å². The number of aromatic nitrogens is 1. The molecule has 9 heteroatoms. The summed E-state index contributed by atoms with van der Waals surface area (Å²) < 4.78 is 1.90. The molecule has 0 saturated carbocycles. The number of aromatic hydroxyl groups is 1. The fraction of sp³-hybridized carbons (Fsp3) is 0.0625. The van der Waals surface area contributed by atoms with Gasteiger partial charge in [-0.1, -0.05) is 47.1 Å². The maximum absolute atomic E-state index is 11.9. The number of hydrogen-bond acceptors (Lipinski definition) is 6. The van der Waals surface area contributed by atoms with Crippen molar-refractivity contribution in [3.05, 3.63) is 52.0 Å². The summed E-state index contributed by atoms with van der Waals surface area (Å²) in [6.45, 7) is 0. The normalized spacial score (nSPS) is 11.3. The molecule has 0 unspecified atom stereocenters. The molecule has 0 aliphatic carbocycles. The van der Waals surface area contributed by atoms with Crippen LogP contribution < -0.4 is 5.43 Å². The predicted molar refractivity (Wildman–Crippen MR) is 104 cm³/mol. The number of carbonyl (C=O) groups excluding carboxylic acids is 1. The van der Waals surface area contributed by atoms with Crippen molar-refractivity contribution in [3.63, 3.8) is 0 Å². The van der Waals surface area contributed by atoms with E-state index in [-0.39, 0.29) is 22.4 Å². The largest absolute Gasteiger partial charge is 0.506 e. The van der Waals surface area contributed by atoms with Crippen molar-refractivity contribution in [1.29, 1.82) is 0 Å². The molecule has 2 N–H and O–H groups in total. The van der Waals surface area contributed by atoms with Crippen LogP contribution in [0, 0.1) is 0 Å². The van der Waals surface area contributed by atoms with Gasteiger partial charge in [-0.15, -0.1) is 11.3 Å². The van der Waals surface area contributed by atoms with E-state index in [0.717, 1.165) is 14.6 Å². The average molecular weight is 412 g/mol. The molecule has 1 aromatic heterocycles. The third kappa shape index (κ3) is 4.64. The number of carbonyl (C=O) groups is 1. The summed E-state index contributed by atoms with van der Waals surface area (Å²) in [4.78, 5) is 16.3. The van der Waals surface area contributed by atoms with Gasteiger partial charge in [-0.3, -0.25) is 4.79 Å². The number of phenols is 1. The first-order valence-corrected chi connectivity index (χ1v) is 9.57. The molecule has 128 valence electrons. The summed E-state index contributed by atoms with van der Waals surface area (Å²) in [5.74, 6) is -0.250. The van der Waals surface area contributed by atoms with Crippen LogP contribution in [-0.2, 0) is 4.79 Å². The van der Waals surface area contributed by atoms with E-state index in [1.54, 1.807) is 0 Å². The van der Waals surface area contributed by atoms with Crippen molar-refractivity contribution in [2.75, 3.05) is 5.75 Å². The Labute approximate surface area is 161 Å². The van der Waals surface area contributed by atoms with E-state index >= 15 is 0 Å². The third-order valence-electron chi connectivity index (χ3n) is 3.05. The molecule has 0 aliphatic heterocycles. The van der Waals surface area contributed by atoms with Gasteiger partial charge in [0.1, 0.15) is 5.75 Å². The first-order chi connectivity index (χ1) is 12.0. The molecule has 0 saturated heterocycles. The zero-order chi connectivity index (χ0) is 17.8. The predicted octanol–water partition coefficient (Wildman–Crippen LogP) is 4.55. The van der Waals surface area contributed by atoms with Crippen LogP contribution in [0.4, 0.5) is 0 Å². The Bertz CT molecular complexity index is 927. The fourth-order valence-electron chi connectivity index (χ4n) is 1.93. The Morgan fingerprint density at radius 1 is 1.36 bits per heavy atom. The molecular weight excluding hydrogens is 401 g/mol. The highest BCUT2D eigenvalue weighted by molar-refractivity contribution is 8.01. The van der Waals surface area contributed by atoms with Crippen LogP contribution in [0.25, 0.3) is 10.2 Å². The number of phenolic OH excluding ortho intramolecular Hbond substituents is 1. The zero-order valence-corrected chi connectivity index (χ0v) is 15.7. The number of thiazole rings is 1. The smallest absolute Gasteiger partial charge is 0.250 e. The van der Waals surface area contributed by atoms with Crippen molar-refractivity contribution in [2.45, 2.75) is 4.34 Å². The summed E-state index contributed by atoms with van der Waals surface area (Å²) in [7, 11) is 0. The van der Waals surface area contributed by atoms with Crippen LogP contribution in [0.1, 0.15) is 5.56 Å². The molecular formula is C16H11Cl2N3O2S2. The SMILES string of the molecule is O=C(CSc1nc2ccccc2s1)N/N=C\c1cc(Cl)cc(Cl)c1O. The number of nitrogens with zero attached hydrogens (tertiary/aromatic N) is 2. The Hall–Kier alpha value is -1.80. The van der Waals surface area contributed by atoms with Crippen molar-refractivity contribution in [3.8, 4) is 5.75 Å². The lowest BCUT2D eigenvalue weighted by Gasteiger charge is -2.02. The molecule has 2 aromatic carbocycles. The van der Waals surface area contributed by atoms with Crippen molar-refractivity contribution < 1.29 is 9.90 Å². The molecule has 0 atom stereocenters.